The summed E-state index contributed by atoms with van der Waals surface area (Å²) in [5.41, 5.74) is 18.9. The summed E-state index contributed by atoms with van der Waals surface area (Å²) in [5.74, 6) is 0. The first-order chi connectivity index (χ1) is 23.1. The van der Waals surface area contributed by atoms with E-state index in [0.717, 1.165) is 11.1 Å². The van der Waals surface area contributed by atoms with Gasteiger partial charge in [0.05, 0.1) is 0 Å². The van der Waals surface area contributed by atoms with Crippen LogP contribution in [0.1, 0.15) is 103 Å². The van der Waals surface area contributed by atoms with Gasteiger partial charge < -0.3 is 0 Å². The van der Waals surface area contributed by atoms with Gasteiger partial charge in [-0.15, -0.1) is 0 Å². The minimum absolute atomic E-state index is 0.599. The first-order valence-corrected chi connectivity index (χ1v) is 37.4. The molecule has 0 nitrogen and oxygen atoms in total. The van der Waals surface area contributed by atoms with Crippen LogP contribution in [0.25, 0.3) is 34.4 Å². The van der Waals surface area contributed by atoms with E-state index >= 15 is 0 Å². The predicted octanol–water partition coefficient (Wildman–Crippen LogP) is 13.8. The van der Waals surface area contributed by atoms with E-state index in [9.17, 15) is 0 Å². The third kappa shape index (κ3) is 5.14. The molecule has 0 bridgehead atoms. The summed E-state index contributed by atoms with van der Waals surface area (Å²) in [7, 11) is 0. The van der Waals surface area contributed by atoms with Gasteiger partial charge in [0.2, 0.25) is 0 Å². The van der Waals surface area contributed by atoms with Crippen molar-refractivity contribution in [3.63, 3.8) is 0 Å². The Morgan fingerprint density at radius 3 is 1.35 bits per heavy atom. The Morgan fingerprint density at radius 1 is 0.521 bits per heavy atom. The van der Waals surface area contributed by atoms with Gasteiger partial charge in [-0.3, -0.25) is 0 Å². The molecule has 4 aromatic carbocycles. The van der Waals surface area contributed by atoms with E-state index in [1.165, 1.54) is 107 Å². The maximum absolute atomic E-state index is 4.04. The van der Waals surface area contributed by atoms with E-state index in [1.54, 1.807) is 11.1 Å². The molecule has 0 aromatic heterocycles. The molecule has 0 radical (unpaired) electrons. The zero-order chi connectivity index (χ0) is 33.2. The average molecular weight is 814 g/mol. The van der Waals surface area contributed by atoms with E-state index in [4.69, 9.17) is 0 Å². The molecule has 0 spiro atoms. The average Bonchev–Trinajstić information content (AvgIpc) is 3.91. The van der Waals surface area contributed by atoms with Crippen LogP contribution in [-0.4, -0.2) is 5.49 Å². The second-order valence-electron chi connectivity index (χ2n) is 17.0. The monoisotopic (exact) mass is 814 g/mol. The summed E-state index contributed by atoms with van der Waals surface area (Å²) in [6, 6.07) is 28.8. The van der Waals surface area contributed by atoms with Gasteiger partial charge in [0.25, 0.3) is 0 Å². The minimum atomic E-state index is -4.04. The van der Waals surface area contributed by atoms with Gasteiger partial charge >= 0.3 is 293 Å². The molecule has 2 atom stereocenters. The van der Waals surface area contributed by atoms with Crippen molar-refractivity contribution in [3.8, 4) is 22.3 Å². The Bertz CT molecular complexity index is 1910. The topological polar surface area (TPSA) is 0 Å². The quantitative estimate of drug-likeness (QED) is 0.170. The van der Waals surface area contributed by atoms with E-state index in [-0.39, 0.29) is 0 Å². The van der Waals surface area contributed by atoms with Crippen LogP contribution in [0.4, 0.5) is 0 Å². The normalized spacial score (nSPS) is 20.9. The van der Waals surface area contributed by atoms with Crippen LogP contribution in [0.3, 0.4) is 0 Å². The van der Waals surface area contributed by atoms with E-state index in [0.29, 0.717) is 7.35 Å². The molecular formula is C46H54HfSi. The molecule has 2 fully saturated rings. The van der Waals surface area contributed by atoms with E-state index in [2.05, 4.69) is 134 Å². The molecule has 0 heterocycles. The molecule has 246 valence electrons. The van der Waals surface area contributed by atoms with Crippen molar-refractivity contribution in [3.05, 3.63) is 129 Å². The van der Waals surface area contributed by atoms with Gasteiger partial charge in [-0.2, -0.15) is 0 Å². The van der Waals surface area contributed by atoms with Crippen molar-refractivity contribution in [2.75, 3.05) is 0 Å². The Balaban J connectivity index is 1.39. The van der Waals surface area contributed by atoms with Crippen molar-refractivity contribution in [2.24, 2.45) is 0 Å². The molecule has 0 saturated heterocycles. The first-order valence-electron chi connectivity index (χ1n) is 19.0. The molecule has 4 aliphatic rings. The molecule has 2 saturated carbocycles. The molecule has 48 heavy (non-hydrogen) atoms. The number of rotatable bonds is 6. The van der Waals surface area contributed by atoms with Crippen LogP contribution in [0.5, 0.6) is 0 Å². The molecule has 8 rings (SSSR count). The van der Waals surface area contributed by atoms with Crippen LogP contribution in [-0.2, 0) is 17.1 Å². The van der Waals surface area contributed by atoms with E-state index < -0.39 is 22.6 Å². The van der Waals surface area contributed by atoms with Crippen molar-refractivity contribution in [1.29, 1.82) is 0 Å². The number of aryl methyl sites for hydroxylation is 4. The third-order valence-electron chi connectivity index (χ3n) is 13.6. The Labute approximate surface area is 291 Å². The second kappa shape index (κ2) is 12.3. The summed E-state index contributed by atoms with van der Waals surface area (Å²) >= 11 is -4.04. The maximum atomic E-state index is 3.03. The van der Waals surface area contributed by atoms with Gasteiger partial charge in [0.15, 0.2) is 0 Å². The number of allylic oxidation sites excluding steroid dienone is 2. The van der Waals surface area contributed by atoms with Gasteiger partial charge in [-0.25, -0.2) is 0 Å². The van der Waals surface area contributed by atoms with Gasteiger partial charge in [-0.05, 0) is 0 Å². The standard InChI is InChI=1S/2C17H15.C10H18Si.2CH3.Hf/c2*1-12-9-10-13(2)17(11-12)16-8-4-6-14-5-3-7-15(14)16;1-2-6-9(5-1)11-10-7-3-4-8-10;;;/h2*3-11H,1-2H3;9-10H,1-8H2;2*1H3;. The molecular weight excluding hydrogens is 759 g/mol. The molecule has 0 aliphatic heterocycles. The van der Waals surface area contributed by atoms with Crippen molar-refractivity contribution in [2.45, 2.75) is 107 Å². The molecule has 2 unspecified atom stereocenters. The molecule has 0 amide bonds. The SMILES string of the molecule is Cc1ccc(C)c(-c2cccc3c2C=C[CH]3[Hf]([CH3])([CH3])([CH]2C=Cc3c(-c4cc(C)ccc4C)cccc32)=[Si](C2CCCC2)C2CCCC2)c1. The Kier molecular flexibility index (Phi) is 8.39. The van der Waals surface area contributed by atoms with Crippen molar-refractivity contribution < 1.29 is 17.1 Å². The summed E-state index contributed by atoms with van der Waals surface area (Å²) in [6.07, 6.45) is 22.6. The zero-order valence-electron chi connectivity index (χ0n) is 30.2. The van der Waals surface area contributed by atoms with Crippen molar-refractivity contribution >= 4 is 17.6 Å². The first kappa shape index (κ1) is 32.6. The number of benzene rings is 4. The van der Waals surface area contributed by atoms with Crippen LogP contribution in [0, 0.1) is 27.7 Å². The number of hydrogen-bond donors (Lipinski definition) is 0. The summed E-state index contributed by atoms with van der Waals surface area (Å²) in [4.78, 5) is 0. The zero-order valence-corrected chi connectivity index (χ0v) is 34.8. The molecule has 4 aliphatic carbocycles. The Morgan fingerprint density at radius 2 is 0.938 bits per heavy atom. The van der Waals surface area contributed by atoms with Gasteiger partial charge in [-0.1, -0.05) is 0 Å². The summed E-state index contributed by atoms with van der Waals surface area (Å²) < 4.78 is 7.26. The Hall–Kier alpha value is -2.55. The second-order valence-corrected chi connectivity index (χ2v) is 61.9. The van der Waals surface area contributed by atoms with Crippen LogP contribution >= 0.6 is 0 Å². The fourth-order valence-electron chi connectivity index (χ4n) is 11.4. The summed E-state index contributed by atoms with van der Waals surface area (Å²) in [6.45, 7) is 9.08. The number of hydrogen-bond acceptors (Lipinski definition) is 0. The van der Waals surface area contributed by atoms with Gasteiger partial charge in [0.1, 0.15) is 0 Å². The molecule has 4 aromatic rings. The van der Waals surface area contributed by atoms with Crippen LogP contribution < -0.4 is 0 Å². The predicted molar refractivity (Wildman–Crippen MR) is 208 cm³/mol. The van der Waals surface area contributed by atoms with E-state index in [1.807, 2.05) is 0 Å². The fourth-order valence-corrected chi connectivity index (χ4v) is 78.3. The number of fused-ring (bicyclic) bond motifs is 2. The summed E-state index contributed by atoms with van der Waals surface area (Å²) in [5, 5.41) is 0. The molecule has 2 heteroatoms. The fraction of sp³-hybridized carbons (Fsp3) is 0.391. The third-order valence-corrected chi connectivity index (χ3v) is 69.3. The van der Waals surface area contributed by atoms with Crippen LogP contribution in [0.15, 0.2) is 84.9 Å². The van der Waals surface area contributed by atoms with Crippen molar-refractivity contribution in [1.82, 2.24) is 0 Å². The molecule has 0 N–H and O–H groups in total. The van der Waals surface area contributed by atoms with Crippen LogP contribution in [0.2, 0.25) is 20.4 Å². The van der Waals surface area contributed by atoms with Gasteiger partial charge in [0, 0.05) is 0 Å².